The van der Waals surface area contributed by atoms with Gasteiger partial charge in [-0.15, -0.1) is 5.10 Å². The lowest BCUT2D eigenvalue weighted by molar-refractivity contribution is 0.0531. The Labute approximate surface area is 194 Å². The lowest BCUT2D eigenvalue weighted by Crippen LogP contribution is -2.28. The molecule has 164 valence electrons. The van der Waals surface area contributed by atoms with Crippen molar-refractivity contribution in [2.75, 3.05) is 19.5 Å². The van der Waals surface area contributed by atoms with Gasteiger partial charge in [-0.1, -0.05) is 11.6 Å². The first-order valence-electron chi connectivity index (χ1n) is 9.00. The van der Waals surface area contributed by atoms with Crippen LogP contribution in [0.25, 0.3) is 11.3 Å². The number of hydrogen-bond donors (Lipinski definition) is 2. The number of rotatable bonds is 6. The van der Waals surface area contributed by atoms with Crippen molar-refractivity contribution in [2.45, 2.75) is 0 Å². The van der Waals surface area contributed by atoms with Crippen LogP contribution in [0.1, 0.15) is 21.0 Å². The van der Waals surface area contributed by atoms with E-state index in [-0.39, 0.29) is 33.8 Å². The Morgan fingerprint density at radius 3 is 2.69 bits per heavy atom. The van der Waals surface area contributed by atoms with Gasteiger partial charge in [-0.05, 0) is 40.2 Å². The van der Waals surface area contributed by atoms with Gasteiger partial charge in [0.25, 0.3) is 11.8 Å². The number of amides is 2. The van der Waals surface area contributed by atoms with Gasteiger partial charge in [0.1, 0.15) is 5.69 Å². The van der Waals surface area contributed by atoms with Gasteiger partial charge in [0.05, 0.1) is 36.6 Å². The van der Waals surface area contributed by atoms with Crippen molar-refractivity contribution in [1.82, 2.24) is 29.9 Å². The molecule has 0 saturated heterocycles. The Morgan fingerprint density at radius 1 is 1.16 bits per heavy atom. The highest BCUT2D eigenvalue weighted by atomic mass is 79.9. The fourth-order valence-electron chi connectivity index (χ4n) is 2.99. The second-order valence-corrected chi connectivity index (χ2v) is 7.53. The Balaban J connectivity index is 1.81. The number of ether oxygens (including phenoxy) is 1. The number of carbonyl (C=O) groups excluding carboxylic acids is 2. The van der Waals surface area contributed by atoms with E-state index >= 15 is 0 Å². The number of hydrogen-bond acceptors (Lipinski definition) is 7. The van der Waals surface area contributed by atoms with E-state index in [9.17, 15) is 9.59 Å². The molecule has 0 atom stereocenters. The molecule has 4 heterocycles. The number of nitrogens with one attached hydrogen (secondary N) is 2. The fraction of sp³-hybridized carbons (Fsp3) is 0.105. The predicted octanol–water partition coefficient (Wildman–Crippen LogP) is 2.88. The molecule has 0 unspecified atom stereocenters. The summed E-state index contributed by atoms with van der Waals surface area (Å²) in [5.74, 6) is -0.796. The number of nitrogens with zero attached hydrogens (tertiary/aromatic N) is 5. The lowest BCUT2D eigenvalue weighted by atomic mass is 10.2. The number of aromatic nitrogens is 5. The molecule has 0 aliphatic rings. The molecular formula is C19H15BrClN7O4. The average molecular weight is 521 g/mol. The van der Waals surface area contributed by atoms with Crippen LogP contribution in [0.4, 0.5) is 5.69 Å². The number of fused-ring (bicyclic) bond motifs is 1. The number of hydroxylamine groups is 1. The number of pyridine rings is 2. The molecule has 32 heavy (non-hydrogen) atoms. The minimum atomic E-state index is -0.614. The summed E-state index contributed by atoms with van der Waals surface area (Å²) in [6.07, 6.45) is 3.05. The third kappa shape index (κ3) is 3.90. The molecule has 0 bridgehead atoms. The van der Waals surface area contributed by atoms with Gasteiger partial charge < -0.3 is 10.1 Å². The maximum absolute atomic E-state index is 13.3. The molecule has 4 rings (SSSR count). The summed E-state index contributed by atoms with van der Waals surface area (Å²) in [5, 5.41) is 11.4. The van der Waals surface area contributed by atoms with Crippen LogP contribution in [-0.2, 0) is 4.84 Å². The summed E-state index contributed by atoms with van der Waals surface area (Å²) >= 11 is 9.66. The van der Waals surface area contributed by atoms with Crippen LogP contribution in [0.15, 0.2) is 47.2 Å². The molecular weight excluding hydrogens is 506 g/mol. The molecule has 2 amide bonds. The summed E-state index contributed by atoms with van der Waals surface area (Å²) < 4.78 is 8.26. The third-order valence-electron chi connectivity index (χ3n) is 4.35. The quantitative estimate of drug-likeness (QED) is 0.375. The summed E-state index contributed by atoms with van der Waals surface area (Å²) in [4.78, 5) is 34.9. The van der Waals surface area contributed by atoms with Gasteiger partial charge in [0, 0.05) is 16.7 Å². The molecule has 0 saturated carbocycles. The normalized spacial score (nSPS) is 10.9. The zero-order chi connectivity index (χ0) is 22.8. The summed E-state index contributed by atoms with van der Waals surface area (Å²) in [5.41, 5.74) is 3.16. The largest absolute Gasteiger partial charge is 0.480 e. The summed E-state index contributed by atoms with van der Waals surface area (Å²) in [6, 6.07) is 8.12. The van der Waals surface area contributed by atoms with Gasteiger partial charge in [-0.25, -0.2) is 19.7 Å². The standard InChI is InChI=1S/C19H15BrClN7O4/c1-31-14-9-13(28(25-14)17-12(21)4-3-6-22-17)18(29)24-15-11(20)8-10-5-7-23-27(10)16(15)19(30)26-32-2/h3-9H,1-2H3,(H,24,29)(H,26,30). The number of carbonyl (C=O) groups is 2. The van der Waals surface area contributed by atoms with Gasteiger partial charge in [0.2, 0.25) is 5.88 Å². The molecule has 0 spiro atoms. The van der Waals surface area contributed by atoms with Crippen LogP contribution in [0, 0.1) is 0 Å². The number of methoxy groups -OCH3 is 1. The zero-order valence-corrected chi connectivity index (χ0v) is 19.0. The first-order valence-corrected chi connectivity index (χ1v) is 10.2. The maximum atomic E-state index is 13.3. The van der Waals surface area contributed by atoms with Gasteiger partial charge in [-0.3, -0.25) is 14.4 Å². The third-order valence-corrected chi connectivity index (χ3v) is 5.27. The minimum Gasteiger partial charge on any atom is -0.480 e. The molecule has 4 aromatic heterocycles. The van der Waals surface area contributed by atoms with Crippen molar-refractivity contribution < 1.29 is 19.2 Å². The van der Waals surface area contributed by atoms with Crippen LogP contribution < -0.4 is 15.5 Å². The van der Waals surface area contributed by atoms with E-state index < -0.39 is 11.8 Å². The SMILES string of the molecule is CONC(=O)c1c(NC(=O)c2cc(OC)nn2-c2ncccc2Cl)c(Br)cc2ccnn12. The van der Waals surface area contributed by atoms with Gasteiger partial charge >= 0.3 is 0 Å². The van der Waals surface area contributed by atoms with E-state index in [0.29, 0.717) is 9.99 Å². The van der Waals surface area contributed by atoms with E-state index in [0.717, 1.165) is 0 Å². The smallest absolute Gasteiger partial charge is 0.295 e. The molecule has 11 nitrogen and oxygen atoms in total. The number of anilines is 1. The second kappa shape index (κ2) is 8.94. The van der Waals surface area contributed by atoms with E-state index in [1.807, 2.05) is 0 Å². The highest BCUT2D eigenvalue weighted by Gasteiger charge is 2.25. The fourth-order valence-corrected chi connectivity index (χ4v) is 3.72. The molecule has 0 fully saturated rings. The highest BCUT2D eigenvalue weighted by Crippen LogP contribution is 2.30. The van der Waals surface area contributed by atoms with E-state index in [1.54, 1.807) is 24.3 Å². The lowest BCUT2D eigenvalue weighted by Gasteiger charge is -2.15. The molecule has 0 aliphatic heterocycles. The maximum Gasteiger partial charge on any atom is 0.295 e. The molecule has 0 aromatic carbocycles. The Bertz CT molecular complexity index is 1340. The van der Waals surface area contributed by atoms with Crippen molar-refractivity contribution in [3.8, 4) is 11.7 Å². The van der Waals surface area contributed by atoms with Crippen molar-refractivity contribution in [1.29, 1.82) is 0 Å². The first kappa shape index (κ1) is 21.7. The van der Waals surface area contributed by atoms with Crippen LogP contribution in [0.3, 0.4) is 0 Å². The second-order valence-electron chi connectivity index (χ2n) is 6.27. The van der Waals surface area contributed by atoms with E-state index in [1.165, 1.54) is 41.9 Å². The predicted molar refractivity (Wildman–Crippen MR) is 118 cm³/mol. The average Bonchev–Trinajstić information content (AvgIpc) is 3.41. The minimum absolute atomic E-state index is 0.0449. The molecule has 4 aromatic rings. The Hall–Kier alpha value is -3.48. The van der Waals surface area contributed by atoms with Crippen LogP contribution in [-0.4, -0.2) is 50.4 Å². The van der Waals surface area contributed by atoms with Gasteiger partial charge in [-0.2, -0.15) is 5.10 Å². The Morgan fingerprint density at radius 2 is 1.97 bits per heavy atom. The van der Waals surface area contributed by atoms with Crippen molar-refractivity contribution in [3.05, 3.63) is 63.6 Å². The molecule has 2 N–H and O–H groups in total. The van der Waals surface area contributed by atoms with Crippen LogP contribution >= 0.6 is 27.5 Å². The van der Waals surface area contributed by atoms with Crippen LogP contribution in [0.5, 0.6) is 5.88 Å². The van der Waals surface area contributed by atoms with Crippen LogP contribution in [0.2, 0.25) is 5.02 Å². The summed E-state index contributed by atoms with van der Waals surface area (Å²) in [7, 11) is 2.72. The van der Waals surface area contributed by atoms with Crippen molar-refractivity contribution >= 4 is 50.5 Å². The topological polar surface area (TPSA) is 125 Å². The highest BCUT2D eigenvalue weighted by molar-refractivity contribution is 9.10. The van der Waals surface area contributed by atoms with E-state index in [2.05, 4.69) is 41.9 Å². The molecule has 13 heteroatoms. The monoisotopic (exact) mass is 519 g/mol. The molecule has 0 radical (unpaired) electrons. The summed E-state index contributed by atoms with van der Waals surface area (Å²) in [6.45, 7) is 0. The Kier molecular flexibility index (Phi) is 6.08. The van der Waals surface area contributed by atoms with Gasteiger partial charge in [0.15, 0.2) is 11.5 Å². The molecule has 0 aliphatic carbocycles. The first-order chi connectivity index (χ1) is 15.4. The number of halogens is 2. The van der Waals surface area contributed by atoms with E-state index in [4.69, 9.17) is 21.2 Å². The van der Waals surface area contributed by atoms with Crippen molar-refractivity contribution in [2.24, 2.45) is 0 Å². The van der Waals surface area contributed by atoms with Crippen molar-refractivity contribution in [3.63, 3.8) is 0 Å². The zero-order valence-electron chi connectivity index (χ0n) is 16.7.